The molecule has 98 valence electrons. The first-order valence-corrected chi connectivity index (χ1v) is 6.42. The molecule has 1 rings (SSSR count). The number of benzene rings is 1. The maximum absolute atomic E-state index is 12.0. The highest BCUT2D eigenvalue weighted by Gasteiger charge is 2.22. The molecule has 0 aliphatic carbocycles. The fraction of sp³-hybridized carbons (Fsp3) is 0.385. The van der Waals surface area contributed by atoms with Gasteiger partial charge < -0.3 is 10.4 Å². The molecule has 1 aromatic carbocycles. The zero-order valence-electron chi connectivity index (χ0n) is 10.5. The topological polar surface area (TPSA) is 66.4 Å². The molecule has 0 saturated carbocycles. The molecule has 0 fully saturated rings. The molecule has 4 nitrogen and oxygen atoms in total. The van der Waals surface area contributed by atoms with E-state index in [1.165, 1.54) is 0 Å². The fourth-order valence-electron chi connectivity index (χ4n) is 1.48. The van der Waals surface area contributed by atoms with Crippen LogP contribution >= 0.6 is 15.9 Å². The third-order valence-electron chi connectivity index (χ3n) is 3.01. The largest absolute Gasteiger partial charge is 0.481 e. The van der Waals surface area contributed by atoms with Gasteiger partial charge in [-0.1, -0.05) is 22.0 Å². The summed E-state index contributed by atoms with van der Waals surface area (Å²) in [6, 6.07) is 4.92. The lowest BCUT2D eigenvalue weighted by atomic mass is 10.0. The van der Waals surface area contributed by atoms with Crippen molar-refractivity contribution in [1.29, 1.82) is 0 Å². The molecule has 5 heteroatoms. The summed E-state index contributed by atoms with van der Waals surface area (Å²) >= 11 is 3.36. The Balaban J connectivity index is 2.83. The molecule has 1 aromatic rings. The number of hydrogen-bond donors (Lipinski definition) is 2. The van der Waals surface area contributed by atoms with E-state index in [2.05, 4.69) is 21.2 Å². The second-order valence-electron chi connectivity index (χ2n) is 4.30. The molecule has 1 amide bonds. The van der Waals surface area contributed by atoms with Crippen LogP contribution in [-0.4, -0.2) is 23.0 Å². The van der Waals surface area contributed by atoms with Gasteiger partial charge in [0.15, 0.2) is 0 Å². The summed E-state index contributed by atoms with van der Waals surface area (Å²) < 4.78 is 0.856. The summed E-state index contributed by atoms with van der Waals surface area (Å²) in [6.07, 6.45) is 0. The Morgan fingerprint density at radius 2 is 1.94 bits per heavy atom. The summed E-state index contributed by atoms with van der Waals surface area (Å²) in [5.74, 6) is -1.80. The number of carbonyl (C=O) groups is 2. The van der Waals surface area contributed by atoms with Crippen LogP contribution in [0, 0.1) is 12.8 Å². The number of aliphatic carboxylic acids is 1. The molecule has 0 aliphatic rings. The van der Waals surface area contributed by atoms with Gasteiger partial charge in [0.05, 0.1) is 5.92 Å². The first-order valence-electron chi connectivity index (χ1n) is 5.63. The first kappa shape index (κ1) is 14.7. The Morgan fingerprint density at radius 1 is 1.33 bits per heavy atom. The molecule has 0 saturated heterocycles. The smallest absolute Gasteiger partial charge is 0.308 e. The predicted octanol–water partition coefficient (Wildman–Crippen LogP) is 2.60. The Morgan fingerprint density at radius 3 is 2.50 bits per heavy atom. The summed E-state index contributed by atoms with van der Waals surface area (Å²) in [6.45, 7) is 5.09. The van der Waals surface area contributed by atoms with Gasteiger partial charge in [-0.25, -0.2) is 0 Å². The van der Waals surface area contributed by atoms with E-state index in [1.54, 1.807) is 26.0 Å². The molecule has 2 atom stereocenters. The summed E-state index contributed by atoms with van der Waals surface area (Å²) in [5.41, 5.74) is 1.39. The first-order chi connectivity index (χ1) is 8.34. The lowest BCUT2D eigenvalue weighted by molar-refractivity contribution is -0.141. The second-order valence-corrected chi connectivity index (χ2v) is 5.16. The highest BCUT2D eigenvalue weighted by molar-refractivity contribution is 9.10. The number of amides is 1. The van der Waals surface area contributed by atoms with Crippen LogP contribution in [-0.2, 0) is 4.79 Å². The Bertz CT molecular complexity index is 473. The molecule has 0 bridgehead atoms. The molecule has 2 N–H and O–H groups in total. The molecule has 0 aliphatic heterocycles. The van der Waals surface area contributed by atoms with Gasteiger partial charge in [0, 0.05) is 16.1 Å². The molecule has 0 aromatic heterocycles. The van der Waals surface area contributed by atoms with Gasteiger partial charge in [-0.15, -0.1) is 0 Å². The van der Waals surface area contributed by atoms with Crippen LogP contribution in [0.5, 0.6) is 0 Å². The molecular formula is C13H16BrNO3. The van der Waals surface area contributed by atoms with Crippen molar-refractivity contribution in [3.63, 3.8) is 0 Å². The van der Waals surface area contributed by atoms with Gasteiger partial charge >= 0.3 is 5.97 Å². The number of hydrogen-bond acceptors (Lipinski definition) is 2. The average Bonchev–Trinajstić information content (AvgIpc) is 2.31. The highest BCUT2D eigenvalue weighted by Crippen LogP contribution is 2.19. The van der Waals surface area contributed by atoms with Crippen molar-refractivity contribution in [2.75, 3.05) is 0 Å². The minimum absolute atomic E-state index is 0.255. The zero-order chi connectivity index (χ0) is 13.9. The predicted molar refractivity (Wildman–Crippen MR) is 72.6 cm³/mol. The van der Waals surface area contributed by atoms with Gasteiger partial charge in [0.1, 0.15) is 0 Å². The normalized spacial score (nSPS) is 13.8. The Hall–Kier alpha value is -1.36. The monoisotopic (exact) mass is 313 g/mol. The van der Waals surface area contributed by atoms with E-state index in [0.29, 0.717) is 5.56 Å². The van der Waals surface area contributed by atoms with Crippen LogP contribution < -0.4 is 5.32 Å². The summed E-state index contributed by atoms with van der Waals surface area (Å²) in [5, 5.41) is 11.6. The number of rotatable bonds is 4. The molecule has 18 heavy (non-hydrogen) atoms. The molecule has 0 radical (unpaired) electrons. The summed E-state index contributed by atoms with van der Waals surface area (Å²) in [7, 11) is 0. The van der Waals surface area contributed by atoms with Crippen LogP contribution in [0.4, 0.5) is 0 Å². The van der Waals surface area contributed by atoms with Crippen LogP contribution in [0.15, 0.2) is 22.7 Å². The Kier molecular flexibility index (Phi) is 4.90. The van der Waals surface area contributed by atoms with E-state index in [1.807, 2.05) is 13.0 Å². The van der Waals surface area contributed by atoms with Crippen LogP contribution in [0.3, 0.4) is 0 Å². The second kappa shape index (κ2) is 6.00. The number of carboxylic acid groups (broad SMARTS) is 1. The number of carboxylic acids is 1. The standard InChI is InChI=1S/C13H16BrNO3/c1-7(13(17)18)9(3)15-12(16)10-5-4-6-11(14)8(10)2/h4-7,9H,1-3H3,(H,15,16)(H,17,18). The average molecular weight is 314 g/mol. The van der Waals surface area contributed by atoms with Gasteiger partial charge in [0.25, 0.3) is 5.91 Å². The minimum Gasteiger partial charge on any atom is -0.481 e. The quantitative estimate of drug-likeness (QED) is 0.898. The van der Waals surface area contributed by atoms with E-state index in [4.69, 9.17) is 5.11 Å². The molecule has 0 spiro atoms. The van der Waals surface area contributed by atoms with Crippen LogP contribution in [0.2, 0.25) is 0 Å². The lowest BCUT2D eigenvalue weighted by Gasteiger charge is -2.18. The van der Waals surface area contributed by atoms with Crippen LogP contribution in [0.25, 0.3) is 0 Å². The zero-order valence-corrected chi connectivity index (χ0v) is 12.1. The summed E-state index contributed by atoms with van der Waals surface area (Å²) in [4.78, 5) is 22.9. The minimum atomic E-state index is -0.922. The number of carbonyl (C=O) groups excluding carboxylic acids is 1. The van der Waals surface area contributed by atoms with Crippen molar-refractivity contribution in [3.8, 4) is 0 Å². The van der Waals surface area contributed by atoms with E-state index in [9.17, 15) is 9.59 Å². The molecular weight excluding hydrogens is 298 g/mol. The molecule has 2 unspecified atom stereocenters. The van der Waals surface area contributed by atoms with E-state index in [-0.39, 0.29) is 5.91 Å². The van der Waals surface area contributed by atoms with Gasteiger partial charge in [-0.05, 0) is 38.5 Å². The molecule has 0 heterocycles. The Labute approximate surface area is 115 Å². The van der Waals surface area contributed by atoms with Crippen molar-refractivity contribution in [1.82, 2.24) is 5.32 Å². The fourth-order valence-corrected chi connectivity index (χ4v) is 1.84. The van der Waals surface area contributed by atoms with Gasteiger partial charge in [0.2, 0.25) is 0 Å². The van der Waals surface area contributed by atoms with E-state index >= 15 is 0 Å². The SMILES string of the molecule is Cc1c(Br)cccc1C(=O)NC(C)C(C)C(=O)O. The van der Waals surface area contributed by atoms with Crippen molar-refractivity contribution in [2.45, 2.75) is 26.8 Å². The third-order valence-corrected chi connectivity index (χ3v) is 3.87. The van der Waals surface area contributed by atoms with Crippen molar-refractivity contribution >= 4 is 27.8 Å². The van der Waals surface area contributed by atoms with E-state index in [0.717, 1.165) is 10.0 Å². The van der Waals surface area contributed by atoms with Crippen molar-refractivity contribution < 1.29 is 14.7 Å². The van der Waals surface area contributed by atoms with Gasteiger partial charge in [-0.2, -0.15) is 0 Å². The third kappa shape index (κ3) is 3.32. The number of nitrogens with one attached hydrogen (secondary N) is 1. The van der Waals surface area contributed by atoms with Gasteiger partial charge in [-0.3, -0.25) is 9.59 Å². The van der Waals surface area contributed by atoms with Crippen LogP contribution in [0.1, 0.15) is 29.8 Å². The lowest BCUT2D eigenvalue weighted by Crippen LogP contribution is -2.40. The maximum atomic E-state index is 12.0. The highest BCUT2D eigenvalue weighted by atomic mass is 79.9. The van der Waals surface area contributed by atoms with E-state index < -0.39 is 17.9 Å². The van der Waals surface area contributed by atoms with Crippen molar-refractivity contribution in [2.24, 2.45) is 5.92 Å². The van der Waals surface area contributed by atoms with Crippen molar-refractivity contribution in [3.05, 3.63) is 33.8 Å². The number of halogens is 1. The maximum Gasteiger partial charge on any atom is 0.308 e.